The molecule has 1 nitrogen and oxygen atoms in total. The van der Waals surface area contributed by atoms with Gasteiger partial charge in [0.05, 0.1) is 0 Å². The zero-order valence-electron chi connectivity index (χ0n) is 7.40. The van der Waals surface area contributed by atoms with E-state index >= 15 is 0 Å². The molecular weight excluding hydrogens is 180 g/mol. The summed E-state index contributed by atoms with van der Waals surface area (Å²) < 4.78 is 5.66. The second-order valence-corrected chi connectivity index (χ2v) is 4.34. The summed E-state index contributed by atoms with van der Waals surface area (Å²) in [6.45, 7) is 4.58. The van der Waals surface area contributed by atoms with Crippen molar-refractivity contribution >= 4 is 17.8 Å². The summed E-state index contributed by atoms with van der Waals surface area (Å²) in [5.74, 6) is 2.20. The quantitative estimate of drug-likeness (QED) is 0.678. The molecule has 0 bridgehead atoms. The molecule has 1 aliphatic rings. The Morgan fingerprint density at radius 2 is 2.31 bits per heavy atom. The van der Waals surface area contributed by atoms with Crippen molar-refractivity contribution in [1.82, 2.24) is 0 Å². The second-order valence-electron chi connectivity index (χ2n) is 3.01. The van der Waals surface area contributed by atoms with Crippen molar-refractivity contribution in [3.8, 4) is 5.75 Å². The Balaban J connectivity index is 2.03. The van der Waals surface area contributed by atoms with Gasteiger partial charge < -0.3 is 4.74 Å². The van der Waals surface area contributed by atoms with E-state index in [0.29, 0.717) is 0 Å². The molecule has 68 valence electrons. The normalized spacial score (nSPS) is 19.5. The third-order valence-electron chi connectivity index (χ3n) is 1.97. The lowest BCUT2D eigenvalue weighted by molar-refractivity contribution is 0.329. The average molecular weight is 192 g/mol. The highest BCUT2D eigenvalue weighted by Gasteiger charge is 2.23. The fourth-order valence-corrected chi connectivity index (χ4v) is 1.52. The highest BCUT2D eigenvalue weighted by molar-refractivity contribution is 8.06. The van der Waals surface area contributed by atoms with Gasteiger partial charge in [0.1, 0.15) is 12.4 Å². The minimum Gasteiger partial charge on any atom is -0.492 e. The molecule has 1 atom stereocenters. The third kappa shape index (κ3) is 2.28. The van der Waals surface area contributed by atoms with E-state index in [-0.39, 0.29) is 0 Å². The van der Waals surface area contributed by atoms with Gasteiger partial charge in [0, 0.05) is 16.6 Å². The predicted octanol–water partition coefficient (Wildman–Crippen LogP) is 2.82. The van der Waals surface area contributed by atoms with Gasteiger partial charge in [0.2, 0.25) is 0 Å². The van der Waals surface area contributed by atoms with Crippen LogP contribution in [-0.4, -0.2) is 17.6 Å². The molecule has 13 heavy (non-hydrogen) atoms. The van der Waals surface area contributed by atoms with Crippen molar-refractivity contribution in [3.05, 3.63) is 36.4 Å². The molecule has 0 radical (unpaired) electrons. The van der Waals surface area contributed by atoms with Crippen molar-refractivity contribution in [2.75, 3.05) is 12.4 Å². The molecule has 1 saturated heterocycles. The van der Waals surface area contributed by atoms with Gasteiger partial charge in [-0.2, -0.15) is 11.8 Å². The molecule has 0 N–H and O–H groups in total. The lowest BCUT2D eigenvalue weighted by Gasteiger charge is -2.07. The molecule has 0 saturated carbocycles. The summed E-state index contributed by atoms with van der Waals surface area (Å²) in [5, 5.41) is 0.720. The van der Waals surface area contributed by atoms with Crippen molar-refractivity contribution in [3.63, 3.8) is 0 Å². The maximum Gasteiger partial charge on any atom is 0.126 e. The Labute approximate surface area is 82.8 Å². The van der Waals surface area contributed by atoms with Crippen LogP contribution < -0.4 is 4.74 Å². The highest BCUT2D eigenvalue weighted by atomic mass is 32.2. The Kier molecular flexibility index (Phi) is 2.60. The van der Waals surface area contributed by atoms with Gasteiger partial charge in [-0.1, -0.05) is 30.9 Å². The van der Waals surface area contributed by atoms with Gasteiger partial charge in [-0.3, -0.25) is 0 Å². The van der Waals surface area contributed by atoms with Crippen LogP contribution in [0.3, 0.4) is 0 Å². The van der Waals surface area contributed by atoms with Crippen LogP contribution in [0.4, 0.5) is 0 Å². The minimum absolute atomic E-state index is 0.720. The Morgan fingerprint density at radius 3 is 3.00 bits per heavy atom. The van der Waals surface area contributed by atoms with Gasteiger partial charge in [-0.25, -0.2) is 0 Å². The van der Waals surface area contributed by atoms with Crippen molar-refractivity contribution in [1.29, 1.82) is 0 Å². The Morgan fingerprint density at radius 1 is 1.54 bits per heavy atom. The number of hydrogen-bond donors (Lipinski definition) is 0. The predicted molar refractivity (Wildman–Crippen MR) is 58.3 cm³/mol. The topological polar surface area (TPSA) is 9.23 Å². The summed E-state index contributed by atoms with van der Waals surface area (Å²) in [7, 11) is 0. The number of thioether (sulfide) groups is 1. The fraction of sp³-hybridized carbons (Fsp3) is 0.273. The van der Waals surface area contributed by atoms with Crippen molar-refractivity contribution in [2.45, 2.75) is 5.25 Å². The van der Waals surface area contributed by atoms with Crippen LogP contribution >= 0.6 is 11.8 Å². The smallest absolute Gasteiger partial charge is 0.126 e. The van der Waals surface area contributed by atoms with E-state index in [2.05, 4.69) is 6.58 Å². The summed E-state index contributed by atoms with van der Waals surface area (Å²) in [5.41, 5.74) is 1.08. The van der Waals surface area contributed by atoms with Gasteiger partial charge in [-0.05, 0) is 6.07 Å². The first-order valence-electron chi connectivity index (χ1n) is 4.36. The van der Waals surface area contributed by atoms with Gasteiger partial charge in [0.15, 0.2) is 0 Å². The molecule has 1 aliphatic heterocycles. The molecule has 0 aromatic heterocycles. The van der Waals surface area contributed by atoms with Crippen LogP contribution in [0.5, 0.6) is 5.75 Å². The third-order valence-corrected chi connectivity index (χ3v) is 2.91. The minimum atomic E-state index is 0.720. The molecule has 1 fully saturated rings. The average Bonchev–Trinajstić information content (AvgIpc) is 2.99. The fourth-order valence-electron chi connectivity index (χ4n) is 1.13. The summed E-state index contributed by atoms with van der Waals surface area (Å²) in [6, 6.07) is 7.99. The molecule has 2 heteroatoms. The maximum atomic E-state index is 5.66. The number of hydrogen-bond acceptors (Lipinski definition) is 2. The van der Waals surface area contributed by atoms with E-state index in [4.69, 9.17) is 4.74 Å². The van der Waals surface area contributed by atoms with Crippen molar-refractivity contribution in [2.24, 2.45) is 0 Å². The standard InChI is InChI=1S/C11H12OS/c1-2-9-5-3-4-6-11(9)12-7-10-8-13-10/h2-6,10H,1,7-8H2. The number of rotatable bonds is 4. The first-order chi connectivity index (χ1) is 6.40. The number of benzene rings is 1. The highest BCUT2D eigenvalue weighted by Crippen LogP contribution is 2.31. The van der Waals surface area contributed by atoms with Crippen LogP contribution in [0.25, 0.3) is 6.08 Å². The van der Waals surface area contributed by atoms with Crippen LogP contribution in [0, 0.1) is 0 Å². The van der Waals surface area contributed by atoms with E-state index in [1.807, 2.05) is 42.1 Å². The molecule has 1 unspecified atom stereocenters. The van der Waals surface area contributed by atoms with E-state index in [9.17, 15) is 0 Å². The number of para-hydroxylation sites is 1. The zero-order valence-corrected chi connectivity index (χ0v) is 8.22. The first kappa shape index (κ1) is 8.70. The molecule has 0 amide bonds. The lowest BCUT2D eigenvalue weighted by atomic mass is 10.2. The van der Waals surface area contributed by atoms with Crippen LogP contribution in [0.15, 0.2) is 30.8 Å². The summed E-state index contributed by atoms with van der Waals surface area (Å²) >= 11 is 1.95. The number of ether oxygens (including phenoxy) is 1. The summed E-state index contributed by atoms with van der Waals surface area (Å²) in [6.07, 6.45) is 1.83. The molecule has 0 aliphatic carbocycles. The second kappa shape index (κ2) is 3.88. The molecular formula is C11H12OS. The van der Waals surface area contributed by atoms with Crippen LogP contribution in [0.2, 0.25) is 0 Å². The first-order valence-corrected chi connectivity index (χ1v) is 5.41. The van der Waals surface area contributed by atoms with Gasteiger partial charge in [0.25, 0.3) is 0 Å². The Hall–Kier alpha value is -0.890. The molecule has 2 rings (SSSR count). The van der Waals surface area contributed by atoms with E-state index in [0.717, 1.165) is 23.2 Å². The SMILES string of the molecule is C=Cc1ccccc1OCC1CS1. The largest absolute Gasteiger partial charge is 0.492 e. The van der Waals surface area contributed by atoms with E-state index in [1.54, 1.807) is 0 Å². The van der Waals surface area contributed by atoms with E-state index in [1.165, 1.54) is 5.75 Å². The van der Waals surface area contributed by atoms with E-state index < -0.39 is 0 Å². The van der Waals surface area contributed by atoms with Crippen molar-refractivity contribution < 1.29 is 4.74 Å². The monoisotopic (exact) mass is 192 g/mol. The van der Waals surface area contributed by atoms with Crippen LogP contribution in [-0.2, 0) is 0 Å². The van der Waals surface area contributed by atoms with Gasteiger partial charge in [-0.15, -0.1) is 0 Å². The summed E-state index contributed by atoms with van der Waals surface area (Å²) in [4.78, 5) is 0. The van der Waals surface area contributed by atoms with Gasteiger partial charge >= 0.3 is 0 Å². The molecule has 1 aromatic carbocycles. The zero-order chi connectivity index (χ0) is 9.10. The molecule has 1 heterocycles. The van der Waals surface area contributed by atoms with Crippen LogP contribution in [0.1, 0.15) is 5.56 Å². The Bertz CT molecular complexity index is 305. The maximum absolute atomic E-state index is 5.66. The molecule has 1 aromatic rings. The molecule has 0 spiro atoms. The lowest BCUT2D eigenvalue weighted by Crippen LogP contribution is -2.03.